The van der Waals surface area contributed by atoms with Crippen molar-refractivity contribution in [2.24, 2.45) is 0 Å². The molecule has 1 heterocycles. The van der Waals surface area contributed by atoms with Gasteiger partial charge in [0.2, 0.25) is 11.8 Å². The van der Waals surface area contributed by atoms with Crippen molar-refractivity contribution in [2.75, 3.05) is 13.1 Å². The first-order chi connectivity index (χ1) is 9.79. The summed E-state index contributed by atoms with van der Waals surface area (Å²) >= 11 is 0. The predicted molar refractivity (Wildman–Crippen MR) is 75.0 cm³/mol. The summed E-state index contributed by atoms with van der Waals surface area (Å²) in [5, 5.41) is 13.2. The average Bonchev–Trinajstić information content (AvgIpc) is 2.95. The van der Waals surface area contributed by atoms with Gasteiger partial charge in [-0.2, -0.15) is 0 Å². The normalized spacial score (nSPS) is 10.0. The van der Waals surface area contributed by atoms with Crippen LogP contribution >= 0.6 is 0 Å². The summed E-state index contributed by atoms with van der Waals surface area (Å²) in [6, 6.07) is 9.30. The van der Waals surface area contributed by atoms with Crippen molar-refractivity contribution >= 4 is 6.03 Å². The van der Waals surface area contributed by atoms with E-state index in [4.69, 9.17) is 4.42 Å². The molecule has 6 heteroatoms. The standard InChI is InChI=1S/C14H16N4O2/c1-2-9-15-14(19)16-10-8-12-17-18-13(20-12)11-6-4-3-5-7-11/h2-7H,1,8-10H2,(H2,15,16,19). The first kappa shape index (κ1) is 13.8. The Morgan fingerprint density at radius 2 is 2.05 bits per heavy atom. The molecular formula is C14H16N4O2. The summed E-state index contributed by atoms with van der Waals surface area (Å²) in [4.78, 5) is 11.3. The third kappa shape index (κ3) is 3.94. The molecule has 6 nitrogen and oxygen atoms in total. The first-order valence-electron chi connectivity index (χ1n) is 6.30. The van der Waals surface area contributed by atoms with Crippen LogP contribution in [0.5, 0.6) is 0 Å². The number of nitrogens with one attached hydrogen (secondary N) is 2. The van der Waals surface area contributed by atoms with Crippen LogP contribution in [0.25, 0.3) is 11.5 Å². The van der Waals surface area contributed by atoms with Gasteiger partial charge in [-0.1, -0.05) is 24.3 Å². The molecule has 1 aromatic heterocycles. The van der Waals surface area contributed by atoms with Crippen molar-refractivity contribution < 1.29 is 9.21 Å². The lowest BCUT2D eigenvalue weighted by atomic mass is 10.2. The van der Waals surface area contributed by atoms with E-state index in [1.807, 2.05) is 30.3 Å². The number of carbonyl (C=O) groups is 1. The van der Waals surface area contributed by atoms with Crippen LogP contribution in [0.3, 0.4) is 0 Å². The number of nitrogens with zero attached hydrogens (tertiary/aromatic N) is 2. The molecule has 0 saturated carbocycles. The molecule has 1 aromatic carbocycles. The number of urea groups is 1. The van der Waals surface area contributed by atoms with E-state index in [1.54, 1.807) is 6.08 Å². The van der Waals surface area contributed by atoms with Crippen LogP contribution in [-0.4, -0.2) is 29.3 Å². The van der Waals surface area contributed by atoms with Gasteiger partial charge in [0.15, 0.2) is 0 Å². The van der Waals surface area contributed by atoms with Gasteiger partial charge in [0, 0.05) is 25.1 Å². The molecule has 0 bridgehead atoms. The lowest BCUT2D eigenvalue weighted by molar-refractivity contribution is 0.242. The monoisotopic (exact) mass is 272 g/mol. The number of hydrogen-bond donors (Lipinski definition) is 2. The fourth-order valence-electron chi connectivity index (χ4n) is 1.56. The van der Waals surface area contributed by atoms with Crippen molar-refractivity contribution in [3.63, 3.8) is 0 Å². The zero-order chi connectivity index (χ0) is 14.2. The molecule has 2 aromatic rings. The second-order valence-electron chi connectivity index (χ2n) is 4.04. The van der Waals surface area contributed by atoms with Gasteiger partial charge in [-0.15, -0.1) is 16.8 Å². The lowest BCUT2D eigenvalue weighted by Gasteiger charge is -2.03. The molecule has 0 unspecified atom stereocenters. The Morgan fingerprint density at radius 3 is 2.80 bits per heavy atom. The van der Waals surface area contributed by atoms with Crippen molar-refractivity contribution in [1.82, 2.24) is 20.8 Å². The van der Waals surface area contributed by atoms with Crippen molar-refractivity contribution in [1.29, 1.82) is 0 Å². The highest BCUT2D eigenvalue weighted by atomic mass is 16.4. The van der Waals surface area contributed by atoms with E-state index in [2.05, 4.69) is 27.4 Å². The van der Waals surface area contributed by atoms with Crippen molar-refractivity contribution in [3.05, 3.63) is 48.9 Å². The fourth-order valence-corrected chi connectivity index (χ4v) is 1.56. The Labute approximate surface area is 116 Å². The fraction of sp³-hybridized carbons (Fsp3) is 0.214. The molecule has 2 amide bonds. The molecule has 20 heavy (non-hydrogen) atoms. The van der Waals surface area contributed by atoms with Gasteiger partial charge in [0.25, 0.3) is 0 Å². The van der Waals surface area contributed by atoms with Gasteiger partial charge in [0.05, 0.1) is 0 Å². The van der Waals surface area contributed by atoms with Gasteiger partial charge in [-0.25, -0.2) is 4.79 Å². The first-order valence-corrected chi connectivity index (χ1v) is 6.30. The zero-order valence-electron chi connectivity index (χ0n) is 11.0. The van der Waals surface area contributed by atoms with Gasteiger partial charge >= 0.3 is 6.03 Å². The molecule has 2 N–H and O–H groups in total. The summed E-state index contributed by atoms with van der Waals surface area (Å²) in [6.07, 6.45) is 2.10. The Bertz CT molecular complexity index is 566. The smallest absolute Gasteiger partial charge is 0.315 e. The van der Waals surface area contributed by atoms with Crippen LogP contribution < -0.4 is 10.6 Å². The van der Waals surface area contributed by atoms with Crippen LogP contribution in [0.15, 0.2) is 47.4 Å². The second-order valence-corrected chi connectivity index (χ2v) is 4.04. The van der Waals surface area contributed by atoms with Crippen LogP contribution in [0.2, 0.25) is 0 Å². The van der Waals surface area contributed by atoms with Crippen LogP contribution in [0.1, 0.15) is 5.89 Å². The highest BCUT2D eigenvalue weighted by molar-refractivity contribution is 5.73. The molecule has 0 saturated heterocycles. The zero-order valence-corrected chi connectivity index (χ0v) is 11.0. The van der Waals surface area contributed by atoms with Gasteiger partial charge in [0.1, 0.15) is 0 Å². The number of hydrogen-bond acceptors (Lipinski definition) is 4. The molecule has 0 atom stereocenters. The Morgan fingerprint density at radius 1 is 1.25 bits per heavy atom. The maximum atomic E-state index is 11.3. The van der Waals surface area contributed by atoms with Crippen LogP contribution in [-0.2, 0) is 6.42 Å². The molecule has 0 aliphatic heterocycles. The summed E-state index contributed by atoms with van der Waals surface area (Å²) in [6.45, 7) is 4.38. The number of carbonyl (C=O) groups excluding carboxylic acids is 1. The largest absolute Gasteiger partial charge is 0.421 e. The molecular weight excluding hydrogens is 256 g/mol. The van der Waals surface area contributed by atoms with Crippen molar-refractivity contribution in [3.8, 4) is 11.5 Å². The average molecular weight is 272 g/mol. The van der Waals surface area contributed by atoms with Gasteiger partial charge < -0.3 is 15.1 Å². The van der Waals surface area contributed by atoms with Crippen LogP contribution in [0.4, 0.5) is 4.79 Å². The van der Waals surface area contributed by atoms with E-state index < -0.39 is 0 Å². The van der Waals surface area contributed by atoms with Gasteiger partial charge in [-0.05, 0) is 12.1 Å². The van der Waals surface area contributed by atoms with Crippen molar-refractivity contribution in [2.45, 2.75) is 6.42 Å². The van der Waals surface area contributed by atoms with E-state index in [-0.39, 0.29) is 6.03 Å². The van der Waals surface area contributed by atoms with E-state index in [0.717, 1.165) is 5.56 Å². The Hall–Kier alpha value is -2.63. The molecule has 0 aliphatic rings. The molecule has 0 radical (unpaired) electrons. The summed E-state index contributed by atoms with van der Waals surface area (Å²) in [5.74, 6) is 0.976. The second kappa shape index (κ2) is 7.08. The lowest BCUT2D eigenvalue weighted by Crippen LogP contribution is -2.36. The minimum atomic E-state index is -0.243. The number of rotatable bonds is 6. The Balaban J connectivity index is 1.82. The van der Waals surface area contributed by atoms with E-state index in [1.165, 1.54) is 0 Å². The molecule has 0 aliphatic carbocycles. The summed E-state index contributed by atoms with van der Waals surface area (Å²) in [7, 11) is 0. The highest BCUT2D eigenvalue weighted by Crippen LogP contribution is 2.16. The van der Waals surface area contributed by atoms with E-state index >= 15 is 0 Å². The summed E-state index contributed by atoms with van der Waals surface area (Å²) in [5.41, 5.74) is 0.878. The minimum Gasteiger partial charge on any atom is -0.421 e. The topological polar surface area (TPSA) is 80.0 Å². The summed E-state index contributed by atoms with van der Waals surface area (Å²) < 4.78 is 5.52. The third-order valence-electron chi connectivity index (χ3n) is 2.52. The SMILES string of the molecule is C=CCNC(=O)NCCc1nnc(-c2ccccc2)o1. The van der Waals surface area contributed by atoms with Crippen LogP contribution in [0, 0.1) is 0 Å². The van der Waals surface area contributed by atoms with E-state index in [9.17, 15) is 4.79 Å². The third-order valence-corrected chi connectivity index (χ3v) is 2.52. The maximum Gasteiger partial charge on any atom is 0.315 e. The number of amides is 2. The minimum absolute atomic E-state index is 0.243. The number of aromatic nitrogens is 2. The number of benzene rings is 1. The maximum absolute atomic E-state index is 11.3. The highest BCUT2D eigenvalue weighted by Gasteiger charge is 2.08. The quantitative estimate of drug-likeness (QED) is 0.785. The molecule has 104 valence electrons. The van der Waals surface area contributed by atoms with E-state index in [0.29, 0.717) is 31.3 Å². The van der Waals surface area contributed by atoms with Gasteiger partial charge in [-0.3, -0.25) is 0 Å². The Kier molecular flexibility index (Phi) is 4.88. The molecule has 0 fully saturated rings. The molecule has 2 rings (SSSR count). The molecule has 0 spiro atoms. The predicted octanol–water partition coefficient (Wildman–Crippen LogP) is 1.76.